The smallest absolute Gasteiger partial charge is 0.317 e. The molecule has 0 aliphatic carbocycles. The second-order valence-corrected chi connectivity index (χ2v) is 14.6. The Morgan fingerprint density at radius 3 is 1.82 bits per heavy atom. The van der Waals surface area contributed by atoms with Gasteiger partial charge in [0.1, 0.15) is 0 Å². The molecule has 0 atom stereocenters. The van der Waals surface area contributed by atoms with Gasteiger partial charge >= 0.3 is 11.9 Å². The summed E-state index contributed by atoms with van der Waals surface area (Å²) in [5, 5.41) is 37.6. The zero-order valence-corrected chi connectivity index (χ0v) is 35.1. The van der Waals surface area contributed by atoms with Crippen LogP contribution >= 0.6 is 0 Å². The molecular weight excluding hydrogens is 801 g/mol. The SMILES string of the molecule is O=C(O)CN1CCN2CCN(CC(=O)O)CCN(CC1)Cc1cc(-c3ccccc3)cc(n1)Cn1nncc1CN(Cc1cn(Cc3ccccc3)nn1)CC2.[Y]. The van der Waals surface area contributed by atoms with Gasteiger partial charge in [0.2, 0.25) is 0 Å². The normalized spacial score (nSPS) is 19.2. The van der Waals surface area contributed by atoms with Gasteiger partial charge in [0.25, 0.3) is 0 Å². The molecule has 5 aromatic rings. The molecule has 3 aromatic heterocycles. The number of hydrogen-bond acceptors (Lipinski definition) is 12. The van der Waals surface area contributed by atoms with Crippen molar-refractivity contribution < 1.29 is 52.5 Å². The third kappa shape index (κ3) is 12.9. The third-order valence-corrected chi connectivity index (χ3v) is 10.4. The van der Waals surface area contributed by atoms with Crippen molar-refractivity contribution in [3.8, 4) is 11.1 Å². The van der Waals surface area contributed by atoms with E-state index in [1.807, 2.05) is 68.0 Å². The van der Waals surface area contributed by atoms with Crippen LogP contribution < -0.4 is 0 Å². The van der Waals surface area contributed by atoms with E-state index in [0.29, 0.717) is 98.2 Å². The summed E-state index contributed by atoms with van der Waals surface area (Å²) in [4.78, 5) is 40.1. The van der Waals surface area contributed by atoms with Gasteiger partial charge in [-0.15, -0.1) is 10.2 Å². The maximum atomic E-state index is 12.0. The third-order valence-electron chi connectivity index (χ3n) is 10.4. The molecular formula is C40H50N12O4Y. The fraction of sp³-hybridized carbons (Fsp3) is 0.425. The Morgan fingerprint density at radius 2 is 1.19 bits per heavy atom. The maximum absolute atomic E-state index is 12.0. The zero-order chi connectivity index (χ0) is 38.7. The molecule has 2 N–H and O–H groups in total. The summed E-state index contributed by atoms with van der Waals surface area (Å²) in [7, 11) is 0. The van der Waals surface area contributed by atoms with Gasteiger partial charge in [0, 0.05) is 118 Å². The predicted octanol–water partition coefficient (Wildman–Crippen LogP) is 1.93. The van der Waals surface area contributed by atoms with Crippen molar-refractivity contribution in [2.75, 3.05) is 78.5 Å². The van der Waals surface area contributed by atoms with Crippen molar-refractivity contribution in [3.63, 3.8) is 0 Å². The number of aromatic nitrogens is 7. The summed E-state index contributed by atoms with van der Waals surface area (Å²) in [5.74, 6) is -1.72. The molecule has 0 unspecified atom stereocenters. The van der Waals surface area contributed by atoms with E-state index in [-0.39, 0.29) is 45.8 Å². The van der Waals surface area contributed by atoms with Crippen LogP contribution in [-0.2, 0) is 75.0 Å². The molecule has 1 saturated heterocycles. The number of nitrogens with zero attached hydrogens (tertiary/aromatic N) is 12. The van der Waals surface area contributed by atoms with Crippen molar-refractivity contribution in [1.29, 1.82) is 0 Å². The fourth-order valence-electron chi connectivity index (χ4n) is 7.40. The molecule has 0 spiro atoms. The summed E-state index contributed by atoms with van der Waals surface area (Å²) >= 11 is 0. The first-order valence-electron chi connectivity index (χ1n) is 19.2. The van der Waals surface area contributed by atoms with E-state index >= 15 is 0 Å². The largest absolute Gasteiger partial charge is 0.480 e. The molecule has 1 radical (unpaired) electrons. The molecule has 17 heteroatoms. The van der Waals surface area contributed by atoms with Crippen LogP contribution in [0.1, 0.15) is 28.3 Å². The van der Waals surface area contributed by atoms with E-state index in [0.717, 1.165) is 39.5 Å². The van der Waals surface area contributed by atoms with Crippen LogP contribution in [0.2, 0.25) is 0 Å². The molecule has 0 amide bonds. The summed E-state index contributed by atoms with van der Waals surface area (Å²) in [6.45, 7) is 8.59. The minimum Gasteiger partial charge on any atom is -0.480 e. The Kier molecular flexibility index (Phi) is 15.5. The minimum atomic E-state index is -0.858. The second kappa shape index (κ2) is 20.9. The van der Waals surface area contributed by atoms with Gasteiger partial charge in [-0.3, -0.25) is 39.1 Å². The zero-order valence-electron chi connectivity index (χ0n) is 32.3. The van der Waals surface area contributed by atoms with Crippen LogP contribution in [0.25, 0.3) is 11.1 Å². The summed E-state index contributed by atoms with van der Waals surface area (Å²) in [6.07, 6.45) is 3.80. The summed E-state index contributed by atoms with van der Waals surface area (Å²) in [5.41, 5.74) is 6.74. The predicted molar refractivity (Wildman–Crippen MR) is 208 cm³/mol. The standard InChI is InChI=1S/C40H50N12O4.Y/c53-39(54)30-48-14-11-46-12-15-49(31-40(55)56)19-17-47(16-18-48)25-35-21-34(33-9-5-2-6-10-33)22-36(42-35)28-52-38(23-41-44-52)29-50(20-13-46)26-37-27-51(45-43-37)24-32-7-3-1-4-8-32;/h1-10,21-23,27H,11-20,24-26,28-31H2,(H,53,54)(H,55,56);. The molecule has 3 aliphatic heterocycles. The van der Waals surface area contributed by atoms with Crippen LogP contribution in [0.5, 0.6) is 0 Å². The van der Waals surface area contributed by atoms with Crippen molar-refractivity contribution in [2.45, 2.75) is 32.7 Å². The topological polar surface area (TPSA) is 165 Å². The van der Waals surface area contributed by atoms with E-state index in [9.17, 15) is 19.8 Å². The number of benzene rings is 2. The Hall–Kier alpha value is -4.29. The summed E-state index contributed by atoms with van der Waals surface area (Å²) in [6, 6.07) is 24.6. The Bertz CT molecular complexity index is 2000. The Morgan fingerprint density at radius 1 is 0.614 bits per heavy atom. The van der Waals surface area contributed by atoms with Crippen molar-refractivity contribution in [3.05, 3.63) is 114 Å². The van der Waals surface area contributed by atoms with Gasteiger partial charge in [0.15, 0.2) is 0 Å². The maximum Gasteiger partial charge on any atom is 0.317 e. The molecule has 57 heavy (non-hydrogen) atoms. The van der Waals surface area contributed by atoms with E-state index < -0.39 is 11.9 Å². The number of aliphatic carboxylic acids is 2. The average Bonchev–Trinajstić information content (AvgIpc) is 3.82. The van der Waals surface area contributed by atoms with Gasteiger partial charge < -0.3 is 10.2 Å². The molecule has 3 aliphatic rings. The number of hydrogen-bond donors (Lipinski definition) is 2. The Balaban J connectivity index is 0.00000549. The van der Waals surface area contributed by atoms with Crippen molar-refractivity contribution in [2.24, 2.45) is 0 Å². The van der Waals surface area contributed by atoms with Gasteiger partial charge in [0.05, 0.1) is 61.3 Å². The van der Waals surface area contributed by atoms with Crippen LogP contribution in [0, 0.1) is 0 Å². The van der Waals surface area contributed by atoms with Crippen LogP contribution in [0.4, 0.5) is 0 Å². The molecule has 4 bridgehead atoms. The summed E-state index contributed by atoms with van der Waals surface area (Å²) < 4.78 is 3.78. The fourth-order valence-corrected chi connectivity index (χ4v) is 7.40. The van der Waals surface area contributed by atoms with E-state index in [1.54, 1.807) is 0 Å². The molecule has 0 saturated carbocycles. The monoisotopic (exact) mass is 851 g/mol. The molecule has 1 fully saturated rings. The van der Waals surface area contributed by atoms with Gasteiger partial charge in [-0.2, -0.15) is 0 Å². The van der Waals surface area contributed by atoms with Gasteiger partial charge in [-0.05, 0) is 28.8 Å². The van der Waals surface area contributed by atoms with Crippen molar-refractivity contribution >= 4 is 11.9 Å². The molecule has 16 nitrogen and oxygen atoms in total. The number of carboxylic acids is 2. The molecule has 2 aromatic carbocycles. The first-order valence-corrected chi connectivity index (χ1v) is 19.2. The second-order valence-electron chi connectivity index (χ2n) is 14.6. The van der Waals surface area contributed by atoms with Gasteiger partial charge in [-0.25, -0.2) is 9.36 Å². The first-order chi connectivity index (χ1) is 27.3. The number of carbonyl (C=O) groups is 2. The Labute approximate surface area is 357 Å². The molecule has 297 valence electrons. The number of carboxylic acid groups (broad SMARTS) is 2. The van der Waals surface area contributed by atoms with Crippen LogP contribution in [0.15, 0.2) is 85.2 Å². The quantitative estimate of drug-likeness (QED) is 0.221. The first kappa shape index (κ1) is 42.3. The number of rotatable bonds is 9. The van der Waals surface area contributed by atoms with Gasteiger partial charge in [-0.1, -0.05) is 71.1 Å². The minimum absolute atomic E-state index is 0. The van der Waals surface area contributed by atoms with Crippen molar-refractivity contribution in [1.82, 2.24) is 59.5 Å². The number of fused-ring (bicyclic) bond motifs is 11. The van der Waals surface area contributed by atoms with E-state index in [2.05, 4.69) is 71.7 Å². The van der Waals surface area contributed by atoms with Crippen LogP contribution in [0.3, 0.4) is 0 Å². The molecule has 8 rings (SSSR count). The average molecular weight is 852 g/mol. The van der Waals surface area contributed by atoms with E-state index in [4.69, 9.17) is 4.98 Å². The van der Waals surface area contributed by atoms with E-state index in [1.165, 1.54) is 0 Å². The number of pyridine rings is 1. The molecule has 6 heterocycles. The van der Waals surface area contributed by atoms with Crippen LogP contribution in [-0.4, -0.2) is 160 Å².